The molecule has 9 nitrogen and oxygen atoms in total. The number of aliphatic hydroxyl groups is 1. The number of halogens is 1. The van der Waals surface area contributed by atoms with Crippen LogP contribution in [0.1, 0.15) is 23.1 Å². The molecule has 0 saturated carbocycles. The summed E-state index contributed by atoms with van der Waals surface area (Å²) in [6, 6.07) is 3.46. The molecule has 11 heteroatoms. The van der Waals surface area contributed by atoms with Crippen LogP contribution in [0.5, 0.6) is 0 Å². The van der Waals surface area contributed by atoms with E-state index >= 15 is 0 Å². The van der Waals surface area contributed by atoms with Crippen LogP contribution in [0, 0.1) is 13.8 Å². The number of aromatic nitrogens is 3. The van der Waals surface area contributed by atoms with Crippen LogP contribution in [0.15, 0.2) is 29.4 Å². The second-order valence-electron chi connectivity index (χ2n) is 5.10. The number of amides is 2. The molecule has 0 spiro atoms. The van der Waals surface area contributed by atoms with Crippen LogP contribution in [-0.4, -0.2) is 40.4 Å². The fourth-order valence-electron chi connectivity index (χ4n) is 2.04. The molecule has 1 atom stereocenters. The largest absolute Gasteiger partial charge is 0.387 e. The molecule has 2 aromatic heterocycles. The van der Waals surface area contributed by atoms with Crippen LogP contribution >= 0.6 is 11.6 Å². The minimum atomic E-state index is -4.33. The van der Waals surface area contributed by atoms with Crippen LogP contribution in [-0.2, 0) is 10.0 Å². The van der Waals surface area contributed by atoms with Crippen molar-refractivity contribution in [2.75, 3.05) is 11.2 Å². The van der Waals surface area contributed by atoms with Gasteiger partial charge in [0.15, 0.2) is 5.03 Å². The van der Waals surface area contributed by atoms with Gasteiger partial charge in [0.05, 0.1) is 12.0 Å². The molecular weight excluding hydrogens is 370 g/mol. The standard InChI is InChI=1S/C14H16ClN5O4S/c1-8-6-9(2)18-13(17-8)19-14(22)20-25(23,24)12-10(11(21)7-15)4-3-5-16-12/h3-6,11,21H,7H2,1-2H3,(H2,17,18,19,20,22). The normalized spacial score (nSPS) is 12.5. The zero-order valence-corrected chi connectivity index (χ0v) is 15.0. The number of nitrogens with one attached hydrogen (secondary N) is 2. The minimum absolute atomic E-state index is 0.0135. The number of aryl methyl sites for hydroxylation is 2. The summed E-state index contributed by atoms with van der Waals surface area (Å²) in [4.78, 5) is 23.7. The third-order valence-corrected chi connectivity index (χ3v) is 4.59. The number of hydrogen-bond donors (Lipinski definition) is 3. The highest BCUT2D eigenvalue weighted by Crippen LogP contribution is 2.21. The van der Waals surface area contributed by atoms with Gasteiger partial charge < -0.3 is 5.11 Å². The molecule has 0 saturated heterocycles. The van der Waals surface area contributed by atoms with Crippen molar-refractivity contribution < 1.29 is 18.3 Å². The molecule has 0 aliphatic rings. The maximum atomic E-state index is 12.4. The number of aliphatic hydroxyl groups excluding tert-OH is 1. The highest BCUT2D eigenvalue weighted by molar-refractivity contribution is 7.90. The molecule has 2 amide bonds. The van der Waals surface area contributed by atoms with E-state index in [1.807, 2.05) is 0 Å². The molecule has 25 heavy (non-hydrogen) atoms. The molecule has 0 radical (unpaired) electrons. The number of hydrogen-bond acceptors (Lipinski definition) is 7. The summed E-state index contributed by atoms with van der Waals surface area (Å²) in [5, 5.41) is 11.6. The molecule has 3 N–H and O–H groups in total. The predicted octanol–water partition coefficient (Wildman–Crippen LogP) is 1.27. The molecule has 0 aliphatic carbocycles. The first-order valence-electron chi connectivity index (χ1n) is 7.08. The van der Waals surface area contributed by atoms with Gasteiger partial charge in [-0.3, -0.25) is 5.32 Å². The van der Waals surface area contributed by atoms with E-state index in [1.54, 1.807) is 24.6 Å². The predicted molar refractivity (Wildman–Crippen MR) is 90.8 cm³/mol. The Bertz CT molecular complexity index is 870. The lowest BCUT2D eigenvalue weighted by Gasteiger charge is -2.13. The quantitative estimate of drug-likeness (QED) is 0.659. The fraction of sp³-hybridized carbons (Fsp3) is 0.286. The van der Waals surface area contributed by atoms with E-state index in [4.69, 9.17) is 11.6 Å². The SMILES string of the molecule is Cc1cc(C)nc(NC(=O)NS(=O)(=O)c2ncccc2C(O)CCl)n1. The number of anilines is 1. The molecule has 134 valence electrons. The topological polar surface area (TPSA) is 134 Å². The number of rotatable bonds is 5. The van der Waals surface area contributed by atoms with Crippen molar-refractivity contribution >= 4 is 33.6 Å². The van der Waals surface area contributed by atoms with Gasteiger partial charge in [-0.25, -0.2) is 24.5 Å². The number of alkyl halides is 1. The van der Waals surface area contributed by atoms with Gasteiger partial charge in [0.25, 0.3) is 10.0 Å². The number of carbonyl (C=O) groups excluding carboxylic acids is 1. The average Bonchev–Trinajstić information content (AvgIpc) is 2.52. The Labute approximate surface area is 149 Å². The van der Waals surface area contributed by atoms with E-state index in [9.17, 15) is 18.3 Å². The number of pyridine rings is 1. The maximum Gasteiger partial charge on any atom is 0.335 e. The highest BCUT2D eigenvalue weighted by Gasteiger charge is 2.26. The van der Waals surface area contributed by atoms with Gasteiger partial charge in [-0.15, -0.1) is 11.6 Å². The van der Waals surface area contributed by atoms with Gasteiger partial charge in [0.2, 0.25) is 5.95 Å². The molecule has 2 aromatic rings. The summed E-state index contributed by atoms with van der Waals surface area (Å²) < 4.78 is 26.6. The Morgan fingerprint density at radius 3 is 2.56 bits per heavy atom. The maximum absolute atomic E-state index is 12.4. The number of nitrogens with zero attached hydrogens (tertiary/aromatic N) is 3. The lowest BCUT2D eigenvalue weighted by Crippen LogP contribution is -2.36. The molecule has 0 bridgehead atoms. The Kier molecular flexibility index (Phi) is 5.88. The van der Waals surface area contributed by atoms with Crippen LogP contribution in [0.2, 0.25) is 0 Å². The zero-order valence-electron chi connectivity index (χ0n) is 13.4. The van der Waals surface area contributed by atoms with Gasteiger partial charge in [0.1, 0.15) is 0 Å². The van der Waals surface area contributed by atoms with Crippen LogP contribution in [0.4, 0.5) is 10.7 Å². The molecule has 0 aliphatic heterocycles. The smallest absolute Gasteiger partial charge is 0.335 e. The van der Waals surface area contributed by atoms with Crippen molar-refractivity contribution in [1.29, 1.82) is 0 Å². The average molecular weight is 386 g/mol. The van der Waals surface area contributed by atoms with E-state index in [-0.39, 0.29) is 17.4 Å². The second-order valence-corrected chi connectivity index (χ2v) is 7.01. The molecule has 0 fully saturated rings. The van der Waals surface area contributed by atoms with E-state index in [1.165, 1.54) is 18.3 Å². The Morgan fingerprint density at radius 1 is 1.32 bits per heavy atom. The summed E-state index contributed by atoms with van der Waals surface area (Å²) in [5.41, 5.74) is 1.21. The molecule has 2 heterocycles. The van der Waals surface area contributed by atoms with Crippen LogP contribution < -0.4 is 10.0 Å². The third-order valence-electron chi connectivity index (χ3n) is 2.99. The fourth-order valence-corrected chi connectivity index (χ4v) is 3.32. The third kappa shape index (κ3) is 4.84. The minimum Gasteiger partial charge on any atom is -0.387 e. The van der Waals surface area contributed by atoms with Crippen LogP contribution in [0.25, 0.3) is 0 Å². The lowest BCUT2D eigenvalue weighted by atomic mass is 10.2. The van der Waals surface area contributed by atoms with Gasteiger partial charge in [-0.2, -0.15) is 8.42 Å². The highest BCUT2D eigenvalue weighted by atomic mass is 35.5. The first kappa shape index (κ1) is 19.0. The molecule has 1 unspecified atom stereocenters. The number of urea groups is 1. The van der Waals surface area contributed by atoms with E-state index < -0.39 is 27.2 Å². The Morgan fingerprint density at radius 2 is 1.96 bits per heavy atom. The Balaban J connectivity index is 2.22. The molecule has 0 aromatic carbocycles. The summed E-state index contributed by atoms with van der Waals surface area (Å²) >= 11 is 5.56. The van der Waals surface area contributed by atoms with Crippen molar-refractivity contribution in [3.8, 4) is 0 Å². The number of carbonyl (C=O) groups is 1. The van der Waals surface area contributed by atoms with Crippen molar-refractivity contribution in [2.45, 2.75) is 25.0 Å². The van der Waals surface area contributed by atoms with Gasteiger partial charge >= 0.3 is 6.03 Å². The summed E-state index contributed by atoms with van der Waals surface area (Å²) in [6.07, 6.45) is -0.0167. The van der Waals surface area contributed by atoms with Crippen molar-refractivity contribution in [2.24, 2.45) is 0 Å². The monoisotopic (exact) mass is 385 g/mol. The van der Waals surface area contributed by atoms with Crippen molar-refractivity contribution in [3.63, 3.8) is 0 Å². The van der Waals surface area contributed by atoms with E-state index in [0.29, 0.717) is 11.4 Å². The first-order chi connectivity index (χ1) is 11.7. The van der Waals surface area contributed by atoms with Crippen molar-refractivity contribution in [1.82, 2.24) is 19.7 Å². The zero-order chi connectivity index (χ0) is 18.6. The van der Waals surface area contributed by atoms with E-state index in [0.717, 1.165) is 0 Å². The van der Waals surface area contributed by atoms with Gasteiger partial charge in [0, 0.05) is 23.1 Å². The second kappa shape index (κ2) is 7.72. The lowest BCUT2D eigenvalue weighted by molar-refractivity contribution is 0.198. The van der Waals surface area contributed by atoms with Gasteiger partial charge in [-0.1, -0.05) is 6.07 Å². The van der Waals surface area contributed by atoms with Crippen LogP contribution in [0.3, 0.4) is 0 Å². The number of sulfonamides is 1. The first-order valence-corrected chi connectivity index (χ1v) is 9.09. The summed E-state index contributed by atoms with van der Waals surface area (Å²) in [7, 11) is -4.33. The molecular formula is C14H16ClN5O4S. The van der Waals surface area contributed by atoms with Gasteiger partial charge in [-0.05, 0) is 26.0 Å². The van der Waals surface area contributed by atoms with E-state index in [2.05, 4.69) is 20.3 Å². The molecule has 2 rings (SSSR count). The summed E-state index contributed by atoms with van der Waals surface area (Å²) in [5.74, 6) is -0.260. The summed E-state index contributed by atoms with van der Waals surface area (Å²) in [6.45, 7) is 3.42. The Hall–Kier alpha value is -2.30. The van der Waals surface area contributed by atoms with Crippen molar-refractivity contribution in [3.05, 3.63) is 41.3 Å².